The van der Waals surface area contributed by atoms with Crippen molar-refractivity contribution in [1.29, 1.82) is 0 Å². The van der Waals surface area contributed by atoms with Crippen LogP contribution in [0.4, 0.5) is 4.79 Å². The normalized spacial score (nSPS) is 30.3. The van der Waals surface area contributed by atoms with Crippen LogP contribution in [0.5, 0.6) is 0 Å². The number of urea groups is 1. The number of ketones is 1. The third kappa shape index (κ3) is 4.04. The van der Waals surface area contributed by atoms with Crippen LogP contribution < -0.4 is 10.6 Å². The van der Waals surface area contributed by atoms with Crippen molar-refractivity contribution in [3.8, 4) is 0 Å². The van der Waals surface area contributed by atoms with Crippen molar-refractivity contribution in [3.63, 3.8) is 0 Å². The van der Waals surface area contributed by atoms with E-state index in [9.17, 15) is 14.4 Å². The van der Waals surface area contributed by atoms with Crippen molar-refractivity contribution >= 4 is 17.7 Å². The summed E-state index contributed by atoms with van der Waals surface area (Å²) in [4.78, 5) is 39.6. The number of nitrogens with zero attached hydrogens (tertiary/aromatic N) is 1. The Bertz CT molecular complexity index is 559. The van der Waals surface area contributed by atoms with E-state index >= 15 is 0 Å². The van der Waals surface area contributed by atoms with Crippen LogP contribution in [-0.4, -0.2) is 47.3 Å². The number of amides is 3. The van der Waals surface area contributed by atoms with Gasteiger partial charge in [0.2, 0.25) is 5.91 Å². The van der Waals surface area contributed by atoms with E-state index in [0.29, 0.717) is 18.4 Å². The van der Waals surface area contributed by atoms with Crippen LogP contribution in [0.1, 0.15) is 65.7 Å². The summed E-state index contributed by atoms with van der Waals surface area (Å²) in [6, 6.07) is -0.995. The molecule has 6 nitrogen and oxygen atoms in total. The van der Waals surface area contributed by atoms with Gasteiger partial charge in [-0.2, -0.15) is 0 Å². The molecule has 0 aromatic carbocycles. The second-order valence-corrected chi connectivity index (χ2v) is 8.51. The van der Waals surface area contributed by atoms with Gasteiger partial charge in [0.05, 0.1) is 6.04 Å². The molecule has 2 aliphatic carbocycles. The molecule has 3 unspecified atom stereocenters. The van der Waals surface area contributed by atoms with E-state index in [1.165, 1.54) is 6.42 Å². The lowest BCUT2D eigenvalue weighted by atomic mass is 9.83. The zero-order valence-corrected chi connectivity index (χ0v) is 16.3. The Labute approximate surface area is 156 Å². The van der Waals surface area contributed by atoms with Gasteiger partial charge in [0.1, 0.15) is 6.04 Å². The first-order valence-corrected chi connectivity index (χ1v) is 10.3. The molecule has 0 spiro atoms. The van der Waals surface area contributed by atoms with Crippen molar-refractivity contribution in [2.45, 2.75) is 83.8 Å². The molecule has 0 radical (unpaired) electrons. The molecule has 1 saturated heterocycles. The predicted molar refractivity (Wildman–Crippen MR) is 99.6 cm³/mol. The topological polar surface area (TPSA) is 78.5 Å². The number of Topliss-reactive ketones (excluding diaryl/α,β-unsaturated/α-hetero) is 1. The largest absolute Gasteiger partial charge is 0.336 e. The molecule has 146 valence electrons. The van der Waals surface area contributed by atoms with Gasteiger partial charge in [-0.05, 0) is 57.3 Å². The average Bonchev–Trinajstić information content (AvgIpc) is 3.28. The number of likely N-dealkylation sites (tertiary alicyclic amines) is 1. The summed E-state index contributed by atoms with van der Waals surface area (Å²) in [7, 11) is 0. The first kappa shape index (κ1) is 19.2. The number of hydrogen-bond donors (Lipinski definition) is 2. The average molecular weight is 364 g/mol. The monoisotopic (exact) mass is 363 g/mol. The summed E-state index contributed by atoms with van der Waals surface area (Å²) in [5, 5.41) is 5.87. The van der Waals surface area contributed by atoms with Gasteiger partial charge in [0.15, 0.2) is 5.78 Å². The Morgan fingerprint density at radius 2 is 1.81 bits per heavy atom. The van der Waals surface area contributed by atoms with Gasteiger partial charge in [-0.15, -0.1) is 0 Å². The van der Waals surface area contributed by atoms with Gasteiger partial charge in [-0.1, -0.05) is 26.2 Å². The van der Waals surface area contributed by atoms with E-state index < -0.39 is 6.04 Å². The van der Waals surface area contributed by atoms with Crippen LogP contribution in [0.15, 0.2) is 0 Å². The summed E-state index contributed by atoms with van der Waals surface area (Å²) in [5.74, 6) is 1.02. The summed E-state index contributed by atoms with van der Waals surface area (Å²) in [6.45, 7) is 6.23. The van der Waals surface area contributed by atoms with E-state index in [-0.39, 0.29) is 35.7 Å². The molecule has 3 fully saturated rings. The molecule has 5 atom stereocenters. The molecule has 1 heterocycles. The Hall–Kier alpha value is -1.59. The molecular weight excluding hydrogens is 330 g/mol. The van der Waals surface area contributed by atoms with E-state index in [0.717, 1.165) is 38.5 Å². The lowest BCUT2D eigenvalue weighted by Crippen LogP contribution is -2.57. The van der Waals surface area contributed by atoms with E-state index in [2.05, 4.69) is 10.6 Å². The van der Waals surface area contributed by atoms with Crippen molar-refractivity contribution < 1.29 is 14.4 Å². The molecule has 0 bridgehead atoms. The first-order chi connectivity index (χ1) is 12.4. The molecule has 3 amide bonds. The number of rotatable bonds is 6. The van der Waals surface area contributed by atoms with Crippen molar-refractivity contribution in [3.05, 3.63) is 0 Å². The number of carbonyl (C=O) groups is 3. The zero-order chi connectivity index (χ0) is 18.8. The van der Waals surface area contributed by atoms with Crippen molar-refractivity contribution in [2.24, 2.45) is 17.8 Å². The van der Waals surface area contributed by atoms with Gasteiger partial charge in [-0.25, -0.2) is 4.79 Å². The van der Waals surface area contributed by atoms with Gasteiger partial charge < -0.3 is 15.5 Å². The van der Waals surface area contributed by atoms with Gasteiger partial charge in [0.25, 0.3) is 0 Å². The standard InChI is InChI=1S/C20H33N3O3/c1-4-12(2)21-20(26)22-17(14-8-6-5-7-9-14)19(25)23-11-15-10-16(15)18(23)13(3)24/h12,14-18H,4-11H2,1-3H3,(H2,21,22,26)/t12?,15-,16-,17?,18?/m0/s1. The first-order valence-electron chi connectivity index (χ1n) is 10.3. The fourth-order valence-corrected chi connectivity index (χ4v) is 4.75. The lowest BCUT2D eigenvalue weighted by Gasteiger charge is -2.35. The highest BCUT2D eigenvalue weighted by Gasteiger charge is 2.56. The maximum Gasteiger partial charge on any atom is 0.315 e. The summed E-state index contributed by atoms with van der Waals surface area (Å²) in [5.41, 5.74) is 0. The van der Waals surface area contributed by atoms with Crippen molar-refractivity contribution in [1.82, 2.24) is 15.5 Å². The van der Waals surface area contributed by atoms with Crippen molar-refractivity contribution in [2.75, 3.05) is 6.54 Å². The van der Waals surface area contributed by atoms with Gasteiger partial charge >= 0.3 is 6.03 Å². The molecule has 6 heteroatoms. The van der Waals surface area contributed by atoms with E-state index in [1.807, 2.05) is 13.8 Å². The van der Waals surface area contributed by atoms with Crippen LogP contribution in [0, 0.1) is 17.8 Å². The second-order valence-electron chi connectivity index (χ2n) is 8.51. The fraction of sp³-hybridized carbons (Fsp3) is 0.850. The fourth-order valence-electron chi connectivity index (χ4n) is 4.75. The minimum atomic E-state index is -0.515. The molecular formula is C20H33N3O3. The third-order valence-corrected chi connectivity index (χ3v) is 6.51. The van der Waals surface area contributed by atoms with Gasteiger partial charge in [0, 0.05) is 12.6 Å². The van der Waals surface area contributed by atoms with E-state index in [4.69, 9.17) is 0 Å². The summed E-state index contributed by atoms with van der Waals surface area (Å²) >= 11 is 0. The summed E-state index contributed by atoms with van der Waals surface area (Å²) in [6.07, 6.45) is 7.23. The van der Waals surface area contributed by atoms with Crippen LogP contribution in [0.3, 0.4) is 0 Å². The quantitative estimate of drug-likeness (QED) is 0.761. The second kappa shape index (κ2) is 7.97. The number of carbonyl (C=O) groups excluding carboxylic acids is 3. The predicted octanol–water partition coefficient (Wildman–Crippen LogP) is 2.47. The number of piperidine rings is 1. The highest BCUT2D eigenvalue weighted by Crippen LogP contribution is 2.50. The van der Waals surface area contributed by atoms with Crippen LogP contribution in [0.2, 0.25) is 0 Å². The Balaban J connectivity index is 1.72. The Morgan fingerprint density at radius 3 is 2.42 bits per heavy atom. The maximum absolute atomic E-state index is 13.3. The highest BCUT2D eigenvalue weighted by atomic mass is 16.2. The van der Waals surface area contributed by atoms with Gasteiger partial charge in [-0.3, -0.25) is 9.59 Å². The van der Waals surface area contributed by atoms with E-state index in [1.54, 1.807) is 11.8 Å². The smallest absolute Gasteiger partial charge is 0.315 e. The molecule has 0 aromatic rings. The lowest BCUT2D eigenvalue weighted by molar-refractivity contribution is -0.141. The Kier molecular flexibility index (Phi) is 5.88. The minimum absolute atomic E-state index is 0.0522. The number of fused-ring (bicyclic) bond motifs is 1. The van der Waals surface area contributed by atoms with Crippen LogP contribution in [-0.2, 0) is 9.59 Å². The van der Waals surface area contributed by atoms with Crippen LogP contribution >= 0.6 is 0 Å². The van der Waals surface area contributed by atoms with Crippen LogP contribution in [0.25, 0.3) is 0 Å². The molecule has 2 saturated carbocycles. The Morgan fingerprint density at radius 1 is 1.12 bits per heavy atom. The number of hydrogen-bond acceptors (Lipinski definition) is 3. The molecule has 3 rings (SSSR count). The number of nitrogens with one attached hydrogen (secondary N) is 2. The zero-order valence-electron chi connectivity index (χ0n) is 16.3. The molecule has 0 aromatic heterocycles. The molecule has 26 heavy (non-hydrogen) atoms. The molecule has 2 N–H and O–H groups in total. The molecule has 1 aliphatic heterocycles. The minimum Gasteiger partial charge on any atom is -0.336 e. The molecule has 3 aliphatic rings. The summed E-state index contributed by atoms with van der Waals surface area (Å²) < 4.78 is 0. The maximum atomic E-state index is 13.3. The third-order valence-electron chi connectivity index (χ3n) is 6.51. The SMILES string of the molecule is CCC(C)NC(=O)NC(C(=O)N1C[C@@H]2C[C@@H]2C1C(C)=O)C1CCCCC1. The highest BCUT2D eigenvalue weighted by molar-refractivity contribution is 5.93.